The van der Waals surface area contributed by atoms with Crippen LogP contribution in [0.1, 0.15) is 19.3 Å². The smallest absolute Gasteiger partial charge is 0.0620 e. The Kier molecular flexibility index (Phi) is 3.24. The first kappa shape index (κ1) is 9.77. The van der Waals surface area contributed by atoms with Crippen LogP contribution in [0, 0.1) is 5.92 Å². The van der Waals surface area contributed by atoms with Crippen molar-refractivity contribution in [3.05, 3.63) is 10.4 Å². The van der Waals surface area contributed by atoms with Crippen molar-refractivity contribution in [2.45, 2.75) is 31.3 Å². The Bertz CT molecular complexity index is 227. The van der Waals surface area contributed by atoms with Crippen molar-refractivity contribution >= 4 is 0 Å². The maximum atomic E-state index is 8.18. The van der Waals surface area contributed by atoms with E-state index in [0.29, 0.717) is 24.5 Å². The highest BCUT2D eigenvalue weighted by atomic mass is 16.5. The Morgan fingerprint density at radius 2 is 2.07 bits per heavy atom. The zero-order chi connectivity index (χ0) is 9.80. The molecule has 0 aromatic rings. The lowest BCUT2D eigenvalue weighted by molar-refractivity contribution is 0.00725. The van der Waals surface area contributed by atoms with Crippen LogP contribution < -0.4 is 5.32 Å². The van der Waals surface area contributed by atoms with Crippen LogP contribution >= 0.6 is 0 Å². The zero-order valence-electron chi connectivity index (χ0n) is 8.22. The van der Waals surface area contributed by atoms with Gasteiger partial charge in [-0.05, 0) is 30.7 Å². The third kappa shape index (κ3) is 2.38. The van der Waals surface area contributed by atoms with Crippen LogP contribution in [0.15, 0.2) is 5.11 Å². The van der Waals surface area contributed by atoms with E-state index in [1.165, 1.54) is 0 Å². The molecular weight excluding hydrogens is 180 g/mol. The second-order valence-electron chi connectivity index (χ2n) is 4.18. The van der Waals surface area contributed by atoms with E-state index in [1.807, 2.05) is 0 Å². The molecule has 2 rings (SSSR count). The highest BCUT2D eigenvalue weighted by molar-refractivity contribution is 4.88. The first-order valence-corrected chi connectivity index (χ1v) is 5.23. The zero-order valence-corrected chi connectivity index (χ0v) is 8.22. The van der Waals surface area contributed by atoms with Crippen LogP contribution in [-0.2, 0) is 4.74 Å². The lowest BCUT2D eigenvalue weighted by Gasteiger charge is -2.40. The van der Waals surface area contributed by atoms with Gasteiger partial charge in [0, 0.05) is 23.5 Å². The van der Waals surface area contributed by atoms with E-state index in [9.17, 15) is 0 Å². The highest BCUT2D eigenvalue weighted by Crippen LogP contribution is 2.26. The molecule has 0 amide bonds. The summed E-state index contributed by atoms with van der Waals surface area (Å²) < 4.78 is 5.47. The van der Waals surface area contributed by atoms with Crippen LogP contribution in [-0.4, -0.2) is 31.8 Å². The van der Waals surface area contributed by atoms with Crippen molar-refractivity contribution in [3.8, 4) is 0 Å². The van der Waals surface area contributed by atoms with Crippen molar-refractivity contribution in [1.29, 1.82) is 0 Å². The largest absolute Gasteiger partial charge is 0.378 e. The summed E-state index contributed by atoms with van der Waals surface area (Å²) in [5.41, 5.74) is 8.18. The number of fused-ring (bicyclic) bond motifs is 2. The molecule has 2 fully saturated rings. The van der Waals surface area contributed by atoms with Gasteiger partial charge >= 0.3 is 0 Å². The summed E-state index contributed by atoms with van der Waals surface area (Å²) in [4.78, 5) is 2.78. The maximum absolute atomic E-state index is 8.18. The van der Waals surface area contributed by atoms with Gasteiger partial charge in [0.25, 0.3) is 0 Å². The normalized spacial score (nSPS) is 36.1. The van der Waals surface area contributed by atoms with Crippen molar-refractivity contribution in [2.24, 2.45) is 11.0 Å². The lowest BCUT2D eigenvalue weighted by atomic mass is 9.85. The predicted molar refractivity (Wildman–Crippen MR) is 52.9 cm³/mol. The number of hydrogen-bond donors (Lipinski definition) is 1. The quantitative estimate of drug-likeness (QED) is 0.421. The molecule has 1 N–H and O–H groups in total. The fourth-order valence-electron chi connectivity index (χ4n) is 2.48. The lowest BCUT2D eigenvalue weighted by Crippen LogP contribution is -2.54. The number of nitrogens with one attached hydrogen (secondary N) is 1. The number of piperidine rings is 1. The number of azide groups is 1. The SMILES string of the molecule is [N-]=[N+]=NCCC1CC2COCC(C1)N2. The van der Waals surface area contributed by atoms with Gasteiger partial charge in [-0.15, -0.1) is 0 Å². The molecule has 0 aliphatic carbocycles. The summed E-state index contributed by atoms with van der Waals surface area (Å²) in [5.74, 6) is 0.709. The number of nitrogens with zero attached hydrogens (tertiary/aromatic N) is 3. The summed E-state index contributed by atoms with van der Waals surface area (Å²) in [6, 6.07) is 1.05. The first-order valence-electron chi connectivity index (χ1n) is 5.23. The van der Waals surface area contributed by atoms with Gasteiger partial charge in [0.15, 0.2) is 0 Å². The molecule has 2 aliphatic heterocycles. The molecule has 14 heavy (non-hydrogen) atoms. The van der Waals surface area contributed by atoms with Gasteiger partial charge in [-0.3, -0.25) is 0 Å². The molecule has 2 atom stereocenters. The molecule has 78 valence electrons. The van der Waals surface area contributed by atoms with Gasteiger partial charge < -0.3 is 10.1 Å². The Hall–Kier alpha value is -0.770. The van der Waals surface area contributed by atoms with Crippen molar-refractivity contribution in [3.63, 3.8) is 0 Å². The van der Waals surface area contributed by atoms with Crippen LogP contribution in [0.2, 0.25) is 0 Å². The summed E-state index contributed by atoms with van der Waals surface area (Å²) in [7, 11) is 0. The summed E-state index contributed by atoms with van der Waals surface area (Å²) in [6.07, 6.45) is 3.35. The van der Waals surface area contributed by atoms with Gasteiger partial charge in [-0.1, -0.05) is 5.11 Å². The minimum absolute atomic E-state index is 0.526. The molecule has 5 heteroatoms. The van der Waals surface area contributed by atoms with Gasteiger partial charge in [0.2, 0.25) is 0 Å². The molecule has 0 aromatic carbocycles. The van der Waals surface area contributed by atoms with E-state index in [1.54, 1.807) is 0 Å². The Morgan fingerprint density at radius 1 is 1.36 bits per heavy atom. The summed E-state index contributed by atoms with van der Waals surface area (Å²) in [6.45, 7) is 2.32. The van der Waals surface area contributed by atoms with E-state index in [2.05, 4.69) is 15.3 Å². The molecule has 2 aliphatic rings. The topological polar surface area (TPSA) is 70.0 Å². The average Bonchev–Trinajstić information content (AvgIpc) is 2.18. The number of morpholine rings is 1. The van der Waals surface area contributed by atoms with Crippen LogP contribution in [0.5, 0.6) is 0 Å². The second kappa shape index (κ2) is 4.64. The molecule has 5 nitrogen and oxygen atoms in total. The van der Waals surface area contributed by atoms with Gasteiger partial charge in [0.1, 0.15) is 0 Å². The third-order valence-electron chi connectivity index (χ3n) is 3.05. The monoisotopic (exact) mass is 196 g/mol. The Labute approximate surface area is 83.4 Å². The number of hydrogen-bond acceptors (Lipinski definition) is 3. The van der Waals surface area contributed by atoms with Crippen molar-refractivity contribution < 1.29 is 4.74 Å². The molecule has 2 unspecified atom stereocenters. The Morgan fingerprint density at radius 3 is 2.71 bits per heavy atom. The summed E-state index contributed by atoms with van der Waals surface area (Å²) >= 11 is 0. The molecule has 0 spiro atoms. The summed E-state index contributed by atoms with van der Waals surface area (Å²) in [5, 5.41) is 7.13. The van der Waals surface area contributed by atoms with Crippen molar-refractivity contribution in [1.82, 2.24) is 5.32 Å². The third-order valence-corrected chi connectivity index (χ3v) is 3.05. The standard InChI is InChI=1S/C9H16N4O/c10-13-11-2-1-7-3-8-5-14-6-9(4-7)12-8/h7-9,12H,1-6H2. The van der Waals surface area contributed by atoms with Gasteiger partial charge in [-0.2, -0.15) is 0 Å². The van der Waals surface area contributed by atoms with Gasteiger partial charge in [-0.25, -0.2) is 0 Å². The second-order valence-corrected chi connectivity index (χ2v) is 4.18. The van der Waals surface area contributed by atoms with Crippen LogP contribution in [0.25, 0.3) is 10.4 Å². The number of ether oxygens (including phenoxy) is 1. The van der Waals surface area contributed by atoms with E-state index >= 15 is 0 Å². The molecule has 2 heterocycles. The fraction of sp³-hybridized carbons (Fsp3) is 1.00. The maximum Gasteiger partial charge on any atom is 0.0620 e. The first-order chi connectivity index (χ1) is 6.88. The minimum Gasteiger partial charge on any atom is -0.378 e. The van der Waals surface area contributed by atoms with E-state index in [-0.39, 0.29) is 0 Å². The number of rotatable bonds is 3. The van der Waals surface area contributed by atoms with Crippen molar-refractivity contribution in [2.75, 3.05) is 19.8 Å². The minimum atomic E-state index is 0.526. The highest BCUT2D eigenvalue weighted by Gasteiger charge is 2.31. The molecule has 2 saturated heterocycles. The molecule has 0 saturated carbocycles. The van der Waals surface area contributed by atoms with Crippen LogP contribution in [0.3, 0.4) is 0 Å². The van der Waals surface area contributed by atoms with E-state index in [0.717, 1.165) is 32.5 Å². The fourth-order valence-corrected chi connectivity index (χ4v) is 2.48. The molecular formula is C9H16N4O. The molecule has 0 aromatic heterocycles. The average molecular weight is 196 g/mol. The van der Waals surface area contributed by atoms with Gasteiger partial charge in [0.05, 0.1) is 13.2 Å². The van der Waals surface area contributed by atoms with E-state index < -0.39 is 0 Å². The van der Waals surface area contributed by atoms with E-state index in [4.69, 9.17) is 10.3 Å². The Balaban J connectivity index is 1.80. The molecule has 2 bridgehead atoms. The molecule has 0 radical (unpaired) electrons. The predicted octanol–water partition coefficient (Wildman–Crippen LogP) is 1.45. The van der Waals surface area contributed by atoms with Crippen LogP contribution in [0.4, 0.5) is 0 Å².